The second-order valence-electron chi connectivity index (χ2n) is 6.18. The van der Waals surface area contributed by atoms with Crippen molar-refractivity contribution in [2.24, 2.45) is 0 Å². The lowest BCUT2D eigenvalue weighted by molar-refractivity contribution is -0.117. The number of rotatable bonds is 5. The average molecular weight is 380 g/mol. The molecular weight excluding hydrogens is 364 g/mol. The highest BCUT2D eigenvalue weighted by Crippen LogP contribution is 2.44. The van der Waals surface area contributed by atoms with Gasteiger partial charge in [0.15, 0.2) is 17.3 Å². The van der Waals surface area contributed by atoms with Crippen LogP contribution >= 0.6 is 0 Å². The normalized spacial score (nSPS) is 16.7. The molecule has 0 aliphatic carbocycles. The number of ether oxygens (including phenoxy) is 1. The third kappa shape index (κ3) is 2.66. The molecule has 0 spiro atoms. The van der Waals surface area contributed by atoms with Gasteiger partial charge in [-0.1, -0.05) is 23.4 Å². The molecule has 0 radical (unpaired) electrons. The zero-order valence-corrected chi connectivity index (χ0v) is 15.1. The molecule has 1 N–H and O–H groups in total. The van der Waals surface area contributed by atoms with Crippen molar-refractivity contribution in [3.63, 3.8) is 0 Å². The number of furan rings is 1. The number of amides is 1. The molecule has 1 aliphatic rings. The molecule has 142 valence electrons. The maximum atomic E-state index is 13.1. The molecule has 28 heavy (non-hydrogen) atoms. The van der Waals surface area contributed by atoms with E-state index in [1.165, 1.54) is 24.3 Å². The largest absolute Gasteiger partial charge is 0.503 e. The summed E-state index contributed by atoms with van der Waals surface area (Å²) in [5.74, 6) is -0.928. The van der Waals surface area contributed by atoms with Crippen LogP contribution < -0.4 is 9.64 Å². The number of Topliss-reactive ketones (excluding diaryl/α,β-unsaturated/α-hetero) is 1. The van der Waals surface area contributed by atoms with Gasteiger partial charge in [0.2, 0.25) is 5.78 Å². The Labute approximate surface area is 159 Å². The van der Waals surface area contributed by atoms with E-state index >= 15 is 0 Å². The van der Waals surface area contributed by atoms with Gasteiger partial charge < -0.3 is 18.8 Å². The van der Waals surface area contributed by atoms with Crippen molar-refractivity contribution in [3.8, 4) is 5.75 Å². The minimum absolute atomic E-state index is 0.00688. The van der Waals surface area contributed by atoms with Gasteiger partial charge in [-0.3, -0.25) is 14.5 Å². The average Bonchev–Trinajstić information content (AvgIpc) is 3.43. The van der Waals surface area contributed by atoms with E-state index in [9.17, 15) is 14.7 Å². The van der Waals surface area contributed by atoms with Crippen LogP contribution in [0.1, 0.15) is 27.9 Å². The quantitative estimate of drug-likeness (QED) is 0.676. The lowest BCUT2D eigenvalue weighted by Crippen LogP contribution is -2.31. The number of anilines is 1. The third-order valence-corrected chi connectivity index (χ3v) is 4.49. The van der Waals surface area contributed by atoms with Gasteiger partial charge in [-0.15, -0.1) is 0 Å². The highest BCUT2D eigenvalue weighted by Gasteiger charge is 2.47. The molecule has 0 saturated carbocycles. The zero-order chi connectivity index (χ0) is 19.8. The van der Waals surface area contributed by atoms with Gasteiger partial charge in [-0.2, -0.15) is 0 Å². The van der Waals surface area contributed by atoms with Gasteiger partial charge in [-0.05, 0) is 25.1 Å². The molecule has 0 saturated heterocycles. The number of benzene rings is 1. The molecule has 8 nitrogen and oxygen atoms in total. The fourth-order valence-corrected chi connectivity index (χ4v) is 3.27. The molecule has 1 unspecified atom stereocenters. The smallest absolute Gasteiger partial charge is 0.295 e. The first-order valence-electron chi connectivity index (χ1n) is 8.44. The van der Waals surface area contributed by atoms with E-state index in [1.54, 1.807) is 43.3 Å². The number of methoxy groups -OCH3 is 1. The van der Waals surface area contributed by atoms with Crippen LogP contribution in [0.5, 0.6) is 5.75 Å². The number of aromatic nitrogens is 1. The zero-order valence-electron chi connectivity index (χ0n) is 15.1. The molecule has 4 rings (SSSR count). The van der Waals surface area contributed by atoms with E-state index in [-0.39, 0.29) is 17.2 Å². The summed E-state index contributed by atoms with van der Waals surface area (Å²) in [6.07, 6.45) is 1.35. The van der Waals surface area contributed by atoms with Crippen LogP contribution in [0.2, 0.25) is 0 Å². The summed E-state index contributed by atoms with van der Waals surface area (Å²) in [6, 6.07) is 10.5. The molecule has 1 atom stereocenters. The topological polar surface area (TPSA) is 106 Å². The van der Waals surface area contributed by atoms with Crippen molar-refractivity contribution in [2.45, 2.75) is 13.0 Å². The fraction of sp³-hybridized carbons (Fsp3) is 0.150. The number of ketones is 1. The van der Waals surface area contributed by atoms with Gasteiger partial charge >= 0.3 is 0 Å². The van der Waals surface area contributed by atoms with Crippen molar-refractivity contribution in [1.82, 2.24) is 5.16 Å². The van der Waals surface area contributed by atoms with Gasteiger partial charge in [0, 0.05) is 11.6 Å². The Bertz CT molecular complexity index is 1080. The molecule has 1 aliphatic heterocycles. The molecule has 1 aromatic carbocycles. The summed E-state index contributed by atoms with van der Waals surface area (Å²) in [5, 5.41) is 14.5. The highest BCUT2D eigenvalue weighted by atomic mass is 16.5. The van der Waals surface area contributed by atoms with Crippen molar-refractivity contribution in [2.75, 3.05) is 12.0 Å². The number of hydrogen-bond acceptors (Lipinski definition) is 7. The maximum Gasteiger partial charge on any atom is 0.295 e. The van der Waals surface area contributed by atoms with Gasteiger partial charge in [0.05, 0.1) is 18.9 Å². The monoisotopic (exact) mass is 380 g/mol. The molecular formula is C20H16N2O6. The van der Waals surface area contributed by atoms with E-state index in [0.29, 0.717) is 17.1 Å². The molecule has 8 heteroatoms. The number of aliphatic hydroxyl groups is 1. The number of para-hydroxylation sites is 1. The number of nitrogens with zero attached hydrogens (tertiary/aromatic N) is 2. The second-order valence-corrected chi connectivity index (χ2v) is 6.18. The van der Waals surface area contributed by atoms with Gasteiger partial charge in [-0.25, -0.2) is 0 Å². The Morgan fingerprint density at radius 3 is 2.68 bits per heavy atom. The van der Waals surface area contributed by atoms with Crippen LogP contribution in [0.3, 0.4) is 0 Å². The molecule has 3 aromatic rings. The first-order valence-corrected chi connectivity index (χ1v) is 8.44. The number of hydrogen-bond donors (Lipinski definition) is 1. The van der Waals surface area contributed by atoms with Crippen LogP contribution in [0.25, 0.3) is 0 Å². The Morgan fingerprint density at radius 2 is 2.04 bits per heavy atom. The van der Waals surface area contributed by atoms with Gasteiger partial charge in [0.1, 0.15) is 17.6 Å². The molecule has 2 aromatic heterocycles. The Kier molecular flexibility index (Phi) is 4.23. The van der Waals surface area contributed by atoms with E-state index in [1.807, 2.05) is 0 Å². The van der Waals surface area contributed by atoms with Crippen LogP contribution in [0, 0.1) is 6.92 Å². The van der Waals surface area contributed by atoms with E-state index < -0.39 is 23.5 Å². The molecule has 3 heterocycles. The Hall–Kier alpha value is -3.81. The maximum absolute atomic E-state index is 13.1. The summed E-state index contributed by atoms with van der Waals surface area (Å²) in [6.45, 7) is 1.68. The number of aliphatic hydroxyl groups excluding tert-OH is 1. The molecule has 0 fully saturated rings. The van der Waals surface area contributed by atoms with Crippen LogP contribution in [-0.2, 0) is 4.79 Å². The first-order chi connectivity index (χ1) is 13.5. The summed E-state index contributed by atoms with van der Waals surface area (Å²) < 4.78 is 15.7. The number of carbonyl (C=O) groups is 2. The molecule has 0 bridgehead atoms. The lowest BCUT2D eigenvalue weighted by Gasteiger charge is -2.25. The van der Waals surface area contributed by atoms with E-state index in [2.05, 4.69) is 5.16 Å². The minimum atomic E-state index is -0.967. The van der Waals surface area contributed by atoms with Crippen molar-refractivity contribution < 1.29 is 28.4 Å². The summed E-state index contributed by atoms with van der Waals surface area (Å²) in [4.78, 5) is 27.2. The summed E-state index contributed by atoms with van der Waals surface area (Å²) in [5.41, 5.74) is 0.392. The Balaban J connectivity index is 1.92. The van der Waals surface area contributed by atoms with Crippen molar-refractivity contribution >= 4 is 17.5 Å². The van der Waals surface area contributed by atoms with Crippen LogP contribution in [-0.4, -0.2) is 29.1 Å². The number of aryl methyl sites for hydroxylation is 1. The minimum Gasteiger partial charge on any atom is -0.503 e. The second kappa shape index (κ2) is 6.73. The first kappa shape index (κ1) is 17.6. The van der Waals surface area contributed by atoms with Crippen molar-refractivity contribution in [1.29, 1.82) is 0 Å². The SMILES string of the molecule is COc1ccccc1C1C(C(=O)c2ccco2)=C(O)C(=O)N1c1cc(C)on1. The predicted molar refractivity (Wildman–Crippen MR) is 97.2 cm³/mol. The highest BCUT2D eigenvalue weighted by molar-refractivity contribution is 6.20. The van der Waals surface area contributed by atoms with Gasteiger partial charge in [0.25, 0.3) is 5.91 Å². The summed E-state index contributed by atoms with van der Waals surface area (Å²) in [7, 11) is 1.48. The van der Waals surface area contributed by atoms with Crippen LogP contribution in [0.4, 0.5) is 5.82 Å². The van der Waals surface area contributed by atoms with E-state index in [0.717, 1.165) is 0 Å². The summed E-state index contributed by atoms with van der Waals surface area (Å²) >= 11 is 0. The lowest BCUT2D eigenvalue weighted by atomic mass is 9.94. The third-order valence-electron chi connectivity index (χ3n) is 4.49. The fourth-order valence-electron chi connectivity index (χ4n) is 3.27. The van der Waals surface area contributed by atoms with Crippen LogP contribution in [0.15, 0.2) is 69.0 Å². The van der Waals surface area contributed by atoms with E-state index in [4.69, 9.17) is 13.7 Å². The molecule has 1 amide bonds. The standard InChI is InChI=1S/C20H16N2O6/c1-11-10-15(21-28-11)22-17(12-6-3-4-7-13(12)26-2)16(19(24)20(22)25)18(23)14-8-5-9-27-14/h3-10,17,24H,1-2H3. The Morgan fingerprint density at radius 1 is 1.25 bits per heavy atom. The van der Waals surface area contributed by atoms with Crippen molar-refractivity contribution in [3.05, 3.63) is 77.1 Å². The number of carbonyl (C=O) groups excluding carboxylic acids is 2. The predicted octanol–water partition coefficient (Wildman–Crippen LogP) is 3.37.